The molecule has 94 valence electrons. The molecular weight excluding hydrogens is 226 g/mol. The monoisotopic (exact) mass is 243 g/mol. The third kappa shape index (κ3) is 2.97. The van der Waals surface area contributed by atoms with E-state index in [-0.39, 0.29) is 11.6 Å². The predicted octanol–water partition coefficient (Wildman–Crippen LogP) is 3.15. The molecule has 0 radical (unpaired) electrons. The molecule has 0 spiro atoms. The number of anilines is 1. The summed E-state index contributed by atoms with van der Waals surface area (Å²) < 4.78 is 0. The molecule has 1 heterocycles. The number of carbonyl (C=O) groups excluding carboxylic acids is 1. The summed E-state index contributed by atoms with van der Waals surface area (Å²) in [6, 6.07) is 9.49. The van der Waals surface area contributed by atoms with Crippen molar-refractivity contribution in [2.45, 2.75) is 26.3 Å². The van der Waals surface area contributed by atoms with Gasteiger partial charge in [0.1, 0.15) is 5.82 Å². The number of fused-ring (bicyclic) bond motifs is 1. The van der Waals surface area contributed by atoms with Gasteiger partial charge >= 0.3 is 6.03 Å². The van der Waals surface area contributed by atoms with Crippen molar-refractivity contribution in [2.24, 2.45) is 0 Å². The number of urea groups is 1. The molecular formula is C14H17N3O. The van der Waals surface area contributed by atoms with Crippen LogP contribution in [0.15, 0.2) is 36.5 Å². The summed E-state index contributed by atoms with van der Waals surface area (Å²) in [4.78, 5) is 16.0. The summed E-state index contributed by atoms with van der Waals surface area (Å²) in [5, 5.41) is 7.61. The number of hydrogen-bond donors (Lipinski definition) is 2. The zero-order chi connectivity index (χ0) is 13.2. The summed E-state index contributed by atoms with van der Waals surface area (Å²) in [7, 11) is 0. The van der Waals surface area contributed by atoms with Crippen molar-refractivity contribution in [3.8, 4) is 0 Å². The molecule has 0 bridgehead atoms. The first kappa shape index (κ1) is 12.4. The van der Waals surface area contributed by atoms with Crippen LogP contribution in [0.5, 0.6) is 0 Å². The van der Waals surface area contributed by atoms with Crippen LogP contribution in [0, 0.1) is 0 Å². The van der Waals surface area contributed by atoms with Gasteiger partial charge in [0.2, 0.25) is 0 Å². The number of rotatable bonds is 1. The Balaban J connectivity index is 2.24. The average molecular weight is 243 g/mol. The summed E-state index contributed by atoms with van der Waals surface area (Å²) in [6.07, 6.45) is 1.69. The first-order valence-corrected chi connectivity index (χ1v) is 5.89. The molecule has 2 amide bonds. The highest BCUT2D eigenvalue weighted by molar-refractivity contribution is 5.99. The van der Waals surface area contributed by atoms with Crippen LogP contribution in [-0.2, 0) is 0 Å². The van der Waals surface area contributed by atoms with E-state index in [1.807, 2.05) is 51.1 Å². The molecule has 0 fully saturated rings. The second-order valence-electron chi connectivity index (χ2n) is 5.21. The van der Waals surface area contributed by atoms with Crippen LogP contribution in [0.2, 0.25) is 0 Å². The van der Waals surface area contributed by atoms with Gasteiger partial charge in [0.15, 0.2) is 0 Å². The largest absolute Gasteiger partial charge is 0.333 e. The second-order valence-corrected chi connectivity index (χ2v) is 5.21. The van der Waals surface area contributed by atoms with E-state index in [2.05, 4.69) is 15.6 Å². The number of pyridine rings is 1. The third-order valence-corrected chi connectivity index (χ3v) is 2.39. The highest BCUT2D eigenvalue weighted by Gasteiger charge is 2.14. The lowest BCUT2D eigenvalue weighted by Crippen LogP contribution is -2.43. The van der Waals surface area contributed by atoms with Crippen molar-refractivity contribution in [1.29, 1.82) is 0 Å². The number of hydrogen-bond acceptors (Lipinski definition) is 2. The number of aromatic nitrogens is 1. The summed E-state index contributed by atoms with van der Waals surface area (Å²) >= 11 is 0. The number of nitrogens with one attached hydrogen (secondary N) is 2. The van der Waals surface area contributed by atoms with Gasteiger partial charge in [-0.3, -0.25) is 5.32 Å². The lowest BCUT2D eigenvalue weighted by molar-refractivity contribution is 0.243. The maximum Gasteiger partial charge on any atom is 0.320 e. The average Bonchev–Trinajstić information content (AvgIpc) is 2.27. The Bertz CT molecular complexity index is 567. The molecule has 4 nitrogen and oxygen atoms in total. The quantitative estimate of drug-likeness (QED) is 0.808. The Morgan fingerprint density at radius 1 is 1.17 bits per heavy atom. The molecule has 1 aromatic heterocycles. The van der Waals surface area contributed by atoms with E-state index in [0.717, 1.165) is 10.8 Å². The minimum Gasteiger partial charge on any atom is -0.333 e. The van der Waals surface area contributed by atoms with Gasteiger partial charge in [0.25, 0.3) is 0 Å². The maximum absolute atomic E-state index is 11.8. The van der Waals surface area contributed by atoms with Crippen LogP contribution in [0.1, 0.15) is 20.8 Å². The van der Waals surface area contributed by atoms with E-state index in [4.69, 9.17) is 0 Å². The zero-order valence-corrected chi connectivity index (χ0v) is 10.8. The lowest BCUT2D eigenvalue weighted by atomic mass is 10.1. The van der Waals surface area contributed by atoms with Gasteiger partial charge in [0, 0.05) is 17.1 Å². The number of carbonyl (C=O) groups is 1. The lowest BCUT2D eigenvalue weighted by Gasteiger charge is -2.20. The van der Waals surface area contributed by atoms with E-state index in [1.165, 1.54) is 0 Å². The molecule has 0 saturated heterocycles. The van der Waals surface area contributed by atoms with Crippen molar-refractivity contribution in [3.05, 3.63) is 36.5 Å². The van der Waals surface area contributed by atoms with Crippen molar-refractivity contribution in [2.75, 3.05) is 5.32 Å². The number of nitrogens with zero attached hydrogens (tertiary/aromatic N) is 1. The van der Waals surface area contributed by atoms with E-state index in [1.54, 1.807) is 6.20 Å². The fourth-order valence-electron chi connectivity index (χ4n) is 1.70. The van der Waals surface area contributed by atoms with E-state index in [0.29, 0.717) is 5.82 Å². The Morgan fingerprint density at radius 3 is 2.61 bits per heavy atom. The van der Waals surface area contributed by atoms with Gasteiger partial charge in [-0.1, -0.05) is 24.3 Å². The van der Waals surface area contributed by atoms with Crippen LogP contribution in [0.3, 0.4) is 0 Å². The topological polar surface area (TPSA) is 54.0 Å². The van der Waals surface area contributed by atoms with Gasteiger partial charge in [-0.15, -0.1) is 0 Å². The molecule has 1 aromatic carbocycles. The normalized spacial score (nSPS) is 11.3. The van der Waals surface area contributed by atoms with Gasteiger partial charge in [-0.2, -0.15) is 0 Å². The number of amides is 2. The minimum atomic E-state index is -0.269. The van der Waals surface area contributed by atoms with Crippen molar-refractivity contribution in [3.63, 3.8) is 0 Å². The molecule has 0 atom stereocenters. The fraction of sp³-hybridized carbons (Fsp3) is 0.286. The van der Waals surface area contributed by atoms with Gasteiger partial charge in [-0.25, -0.2) is 9.78 Å². The predicted molar refractivity (Wildman–Crippen MR) is 73.7 cm³/mol. The van der Waals surface area contributed by atoms with E-state index >= 15 is 0 Å². The SMILES string of the molecule is CC(C)(C)NC(=O)Nc1nccc2ccccc12. The minimum absolute atomic E-state index is 0.244. The van der Waals surface area contributed by atoms with Gasteiger partial charge < -0.3 is 5.32 Å². The van der Waals surface area contributed by atoms with Crippen LogP contribution < -0.4 is 10.6 Å². The van der Waals surface area contributed by atoms with E-state index in [9.17, 15) is 4.79 Å². The highest BCUT2D eigenvalue weighted by atomic mass is 16.2. The van der Waals surface area contributed by atoms with Crippen LogP contribution in [0.4, 0.5) is 10.6 Å². The summed E-state index contributed by atoms with van der Waals surface area (Å²) in [5.41, 5.74) is -0.269. The first-order chi connectivity index (χ1) is 8.46. The summed E-state index contributed by atoms with van der Waals surface area (Å²) in [5.74, 6) is 0.579. The molecule has 2 aromatic rings. The molecule has 2 rings (SSSR count). The zero-order valence-electron chi connectivity index (χ0n) is 10.8. The molecule has 0 aliphatic carbocycles. The first-order valence-electron chi connectivity index (χ1n) is 5.89. The fourth-order valence-corrected chi connectivity index (χ4v) is 1.70. The van der Waals surface area contributed by atoms with Gasteiger partial charge in [0.05, 0.1) is 0 Å². The molecule has 18 heavy (non-hydrogen) atoms. The standard InChI is InChI=1S/C14H17N3O/c1-14(2,3)17-13(18)16-12-11-7-5-4-6-10(11)8-9-15-12/h4-9H,1-3H3,(H2,15,16,17,18). The maximum atomic E-state index is 11.8. The molecule has 0 unspecified atom stereocenters. The Hall–Kier alpha value is -2.10. The van der Waals surface area contributed by atoms with Crippen molar-refractivity contribution >= 4 is 22.6 Å². The molecule has 0 aliphatic heterocycles. The number of benzene rings is 1. The molecule has 0 saturated carbocycles. The van der Waals surface area contributed by atoms with Crippen LogP contribution in [-0.4, -0.2) is 16.6 Å². The third-order valence-electron chi connectivity index (χ3n) is 2.39. The van der Waals surface area contributed by atoms with Crippen molar-refractivity contribution < 1.29 is 4.79 Å². The Labute approximate surface area is 106 Å². The Kier molecular flexibility index (Phi) is 3.19. The highest BCUT2D eigenvalue weighted by Crippen LogP contribution is 2.20. The van der Waals surface area contributed by atoms with Crippen LogP contribution in [0.25, 0.3) is 10.8 Å². The van der Waals surface area contributed by atoms with E-state index < -0.39 is 0 Å². The van der Waals surface area contributed by atoms with Crippen LogP contribution >= 0.6 is 0 Å². The molecule has 2 N–H and O–H groups in total. The molecule has 4 heteroatoms. The van der Waals surface area contributed by atoms with Crippen molar-refractivity contribution in [1.82, 2.24) is 10.3 Å². The Morgan fingerprint density at radius 2 is 1.89 bits per heavy atom. The summed E-state index contributed by atoms with van der Waals surface area (Å²) in [6.45, 7) is 5.80. The smallest absolute Gasteiger partial charge is 0.320 e. The van der Waals surface area contributed by atoms with Gasteiger partial charge in [-0.05, 0) is 32.2 Å². The second kappa shape index (κ2) is 4.64. The molecule has 0 aliphatic rings.